The lowest BCUT2D eigenvalue weighted by Gasteiger charge is -2.10. The lowest BCUT2D eigenvalue weighted by Crippen LogP contribution is -1.95. The molecule has 0 amide bonds. The summed E-state index contributed by atoms with van der Waals surface area (Å²) in [6.07, 6.45) is 0. The monoisotopic (exact) mass is 502 g/mol. The summed E-state index contributed by atoms with van der Waals surface area (Å²) >= 11 is 0. The summed E-state index contributed by atoms with van der Waals surface area (Å²) in [5, 5.41) is 36.5. The first-order valence-corrected chi connectivity index (χ1v) is 11.2. The minimum atomic E-state index is -0.970. The fourth-order valence-corrected chi connectivity index (χ4v) is 3.17. The first-order chi connectivity index (χ1) is 17.5. The molecule has 0 unspecified atom stereocenters. The molecule has 0 bridgehead atoms. The molecule has 4 rings (SSSR count). The van der Waals surface area contributed by atoms with Gasteiger partial charge in [-0.25, -0.2) is 9.59 Å². The molecule has 190 valence electrons. The Morgan fingerprint density at radius 3 is 1.49 bits per heavy atom. The quantitative estimate of drug-likeness (QED) is 0.229. The number of phenols is 2. The van der Waals surface area contributed by atoms with Crippen LogP contribution in [0.4, 0.5) is 0 Å². The highest BCUT2D eigenvalue weighted by Gasteiger charge is 2.08. The van der Waals surface area contributed by atoms with Crippen molar-refractivity contribution in [1.29, 1.82) is 0 Å². The Morgan fingerprint density at radius 1 is 0.541 bits per heavy atom. The smallest absolute Gasteiger partial charge is 0.335 e. The zero-order chi connectivity index (χ0) is 27.1. The van der Waals surface area contributed by atoms with E-state index >= 15 is 0 Å². The highest BCUT2D eigenvalue weighted by Crippen LogP contribution is 2.31. The van der Waals surface area contributed by atoms with Gasteiger partial charge in [0.25, 0.3) is 0 Å². The van der Waals surface area contributed by atoms with E-state index in [1.165, 1.54) is 24.3 Å². The molecule has 0 aromatic heterocycles. The van der Waals surface area contributed by atoms with E-state index in [0.717, 1.165) is 16.7 Å². The van der Waals surface area contributed by atoms with Crippen LogP contribution in [0.5, 0.6) is 34.5 Å². The summed E-state index contributed by atoms with van der Waals surface area (Å²) in [6, 6.07) is 20.6. The van der Waals surface area contributed by atoms with Crippen molar-refractivity contribution < 1.29 is 39.5 Å². The third-order valence-electron chi connectivity index (χ3n) is 5.33. The minimum Gasteiger partial charge on any atom is -0.508 e. The Bertz CT molecular complexity index is 1410. The number of aryl methyl sites for hydroxylation is 3. The molecule has 8 heteroatoms. The van der Waals surface area contributed by atoms with E-state index in [0.29, 0.717) is 23.0 Å². The van der Waals surface area contributed by atoms with Crippen LogP contribution in [-0.2, 0) is 0 Å². The first kappa shape index (κ1) is 26.6. The Hall–Kier alpha value is -4.98. The molecule has 0 spiro atoms. The van der Waals surface area contributed by atoms with Crippen molar-refractivity contribution in [2.75, 3.05) is 0 Å². The third-order valence-corrected chi connectivity index (χ3v) is 5.33. The van der Waals surface area contributed by atoms with Gasteiger partial charge in [0.05, 0.1) is 11.1 Å². The number of aromatic carboxylic acids is 2. The molecule has 4 N–H and O–H groups in total. The molecule has 8 nitrogen and oxygen atoms in total. The average Bonchev–Trinajstić information content (AvgIpc) is 2.86. The highest BCUT2D eigenvalue weighted by atomic mass is 16.5. The van der Waals surface area contributed by atoms with Gasteiger partial charge >= 0.3 is 11.9 Å². The van der Waals surface area contributed by atoms with E-state index in [1.54, 1.807) is 68.4 Å². The Morgan fingerprint density at radius 2 is 1.00 bits per heavy atom. The third kappa shape index (κ3) is 7.25. The van der Waals surface area contributed by atoms with E-state index in [-0.39, 0.29) is 22.6 Å². The van der Waals surface area contributed by atoms with Gasteiger partial charge in [0.2, 0.25) is 0 Å². The summed E-state index contributed by atoms with van der Waals surface area (Å²) < 4.78 is 11.2. The van der Waals surface area contributed by atoms with Crippen LogP contribution in [0.3, 0.4) is 0 Å². The molecular weight excluding hydrogens is 476 g/mol. The Labute approximate surface area is 213 Å². The maximum Gasteiger partial charge on any atom is 0.335 e. The molecule has 4 aromatic rings. The SMILES string of the molecule is Cc1cc(Oc2ccc(C(=O)O)cc2)c(C)cc1O.Cc1cc(Oc2ccc(C(=O)O)cc2)ccc1O. The van der Waals surface area contributed by atoms with Gasteiger partial charge in [-0.05, 0) is 116 Å². The normalized spacial score (nSPS) is 10.1. The van der Waals surface area contributed by atoms with Gasteiger partial charge < -0.3 is 29.9 Å². The first-order valence-electron chi connectivity index (χ1n) is 11.2. The van der Waals surface area contributed by atoms with Crippen LogP contribution >= 0.6 is 0 Å². The fourth-order valence-electron chi connectivity index (χ4n) is 3.17. The number of aromatic hydroxyl groups is 2. The van der Waals surface area contributed by atoms with Crippen molar-refractivity contribution >= 4 is 11.9 Å². The van der Waals surface area contributed by atoms with E-state index in [9.17, 15) is 19.8 Å². The van der Waals surface area contributed by atoms with Crippen LogP contribution in [0.25, 0.3) is 0 Å². The van der Waals surface area contributed by atoms with Crippen LogP contribution in [-0.4, -0.2) is 32.4 Å². The lowest BCUT2D eigenvalue weighted by atomic mass is 10.1. The molecule has 0 radical (unpaired) electrons. The largest absolute Gasteiger partial charge is 0.508 e. The van der Waals surface area contributed by atoms with E-state index in [2.05, 4.69) is 0 Å². The number of carboxylic acid groups (broad SMARTS) is 2. The zero-order valence-electron chi connectivity index (χ0n) is 20.4. The van der Waals surface area contributed by atoms with E-state index in [4.69, 9.17) is 19.7 Å². The molecule has 0 aliphatic rings. The molecule has 0 heterocycles. The number of ether oxygens (including phenoxy) is 2. The number of hydrogen-bond donors (Lipinski definition) is 4. The number of rotatable bonds is 6. The van der Waals surface area contributed by atoms with E-state index in [1.807, 2.05) is 6.92 Å². The van der Waals surface area contributed by atoms with Crippen molar-refractivity contribution in [3.8, 4) is 34.5 Å². The van der Waals surface area contributed by atoms with Crippen LogP contribution < -0.4 is 9.47 Å². The molecule has 0 atom stereocenters. The van der Waals surface area contributed by atoms with Gasteiger partial charge in [0, 0.05) is 0 Å². The average molecular weight is 503 g/mol. The van der Waals surface area contributed by atoms with Gasteiger partial charge in [-0.3, -0.25) is 0 Å². The predicted molar refractivity (Wildman–Crippen MR) is 137 cm³/mol. The molecule has 0 aliphatic carbocycles. The standard InChI is InChI=1S/C15H14O4.C14H12O4/c1-9-8-14(10(2)7-13(9)16)19-12-5-3-11(4-6-12)15(17)18;1-9-8-12(6-7-13(9)15)18-11-4-2-10(3-5-11)14(16)17/h3-8,16H,1-2H3,(H,17,18);2-8,15H,1H3,(H,16,17). The molecular formula is C29H26O8. The van der Waals surface area contributed by atoms with Gasteiger partial charge in [0.1, 0.15) is 34.5 Å². The van der Waals surface area contributed by atoms with Crippen LogP contribution in [0.1, 0.15) is 37.4 Å². The summed E-state index contributed by atoms with van der Waals surface area (Å²) in [7, 11) is 0. The molecule has 37 heavy (non-hydrogen) atoms. The van der Waals surface area contributed by atoms with Crippen molar-refractivity contribution in [3.63, 3.8) is 0 Å². The van der Waals surface area contributed by atoms with E-state index < -0.39 is 11.9 Å². The van der Waals surface area contributed by atoms with Crippen LogP contribution in [0.15, 0.2) is 78.9 Å². The number of carbonyl (C=O) groups is 2. The highest BCUT2D eigenvalue weighted by molar-refractivity contribution is 5.88. The molecule has 4 aromatic carbocycles. The van der Waals surface area contributed by atoms with Crippen molar-refractivity contribution in [2.45, 2.75) is 20.8 Å². The Balaban J connectivity index is 0.000000206. The van der Waals surface area contributed by atoms with Gasteiger partial charge in [-0.2, -0.15) is 0 Å². The maximum atomic E-state index is 10.7. The molecule has 0 aliphatic heterocycles. The van der Waals surface area contributed by atoms with Gasteiger partial charge in [-0.15, -0.1) is 0 Å². The second-order valence-corrected chi connectivity index (χ2v) is 8.22. The van der Waals surface area contributed by atoms with Crippen molar-refractivity contribution in [2.24, 2.45) is 0 Å². The summed E-state index contributed by atoms with van der Waals surface area (Å²) in [6.45, 7) is 5.39. The zero-order valence-corrected chi connectivity index (χ0v) is 20.4. The number of phenolic OH excluding ortho intramolecular Hbond substituents is 2. The Kier molecular flexibility index (Phi) is 8.37. The fraction of sp³-hybridized carbons (Fsp3) is 0.103. The molecule has 0 saturated carbocycles. The summed E-state index contributed by atoms with van der Waals surface area (Å²) in [4.78, 5) is 21.4. The molecule has 0 fully saturated rings. The second-order valence-electron chi connectivity index (χ2n) is 8.22. The summed E-state index contributed by atoms with van der Waals surface area (Å²) in [5.41, 5.74) is 2.68. The van der Waals surface area contributed by atoms with Gasteiger partial charge in [0.15, 0.2) is 0 Å². The topological polar surface area (TPSA) is 134 Å². The van der Waals surface area contributed by atoms with Gasteiger partial charge in [-0.1, -0.05) is 0 Å². The number of hydrogen-bond acceptors (Lipinski definition) is 6. The van der Waals surface area contributed by atoms with Crippen LogP contribution in [0.2, 0.25) is 0 Å². The second kappa shape index (κ2) is 11.6. The lowest BCUT2D eigenvalue weighted by molar-refractivity contribution is 0.0686. The minimum absolute atomic E-state index is 0.212. The number of benzene rings is 4. The number of carboxylic acids is 2. The van der Waals surface area contributed by atoms with Crippen molar-refractivity contribution in [1.82, 2.24) is 0 Å². The predicted octanol–water partition coefficient (Wildman–Crippen LogP) is 6.69. The maximum absolute atomic E-state index is 10.7. The van der Waals surface area contributed by atoms with Crippen LogP contribution in [0, 0.1) is 20.8 Å². The molecule has 0 saturated heterocycles. The van der Waals surface area contributed by atoms with Crippen molar-refractivity contribution in [3.05, 3.63) is 107 Å². The summed E-state index contributed by atoms with van der Waals surface area (Å²) in [5.74, 6) is 0.829.